The molecule has 0 saturated heterocycles. The van der Waals surface area contributed by atoms with Crippen LogP contribution in [0.5, 0.6) is 0 Å². The van der Waals surface area contributed by atoms with Crippen molar-refractivity contribution in [3.8, 4) is 0 Å². The Balaban J connectivity index is 1.80. The summed E-state index contributed by atoms with van der Waals surface area (Å²) in [5.74, 6) is 1.38. The molecule has 2 heterocycles. The molecule has 0 radical (unpaired) electrons. The van der Waals surface area contributed by atoms with E-state index in [0.717, 1.165) is 29.8 Å². The van der Waals surface area contributed by atoms with Gasteiger partial charge in [-0.05, 0) is 35.7 Å². The summed E-state index contributed by atoms with van der Waals surface area (Å²) >= 11 is 0. The highest BCUT2D eigenvalue weighted by Gasteiger charge is 2.25. The van der Waals surface area contributed by atoms with Gasteiger partial charge in [-0.15, -0.1) is 0 Å². The van der Waals surface area contributed by atoms with E-state index in [1.54, 1.807) is 0 Å². The first-order chi connectivity index (χ1) is 9.85. The van der Waals surface area contributed by atoms with Gasteiger partial charge in [0.2, 0.25) is 0 Å². The molecule has 100 valence electrons. The Morgan fingerprint density at radius 3 is 3.00 bits per heavy atom. The van der Waals surface area contributed by atoms with E-state index in [0.29, 0.717) is 5.92 Å². The van der Waals surface area contributed by atoms with Gasteiger partial charge in [-0.1, -0.05) is 31.2 Å². The fourth-order valence-corrected chi connectivity index (χ4v) is 2.99. The minimum Gasteiger partial charge on any atom is -0.384 e. The number of nitrogens with zero attached hydrogens (tertiary/aromatic N) is 1. The highest BCUT2D eigenvalue weighted by molar-refractivity contribution is 5.76. The average molecular weight is 263 g/mol. The van der Waals surface area contributed by atoms with Crippen LogP contribution < -0.4 is 5.32 Å². The lowest BCUT2D eigenvalue weighted by Gasteiger charge is -2.05. The molecule has 20 heavy (non-hydrogen) atoms. The van der Waals surface area contributed by atoms with Crippen molar-refractivity contribution in [1.82, 2.24) is 9.97 Å². The molecule has 2 N–H and O–H groups in total. The molecule has 0 spiro atoms. The van der Waals surface area contributed by atoms with Crippen molar-refractivity contribution in [2.75, 3.05) is 11.9 Å². The first-order valence-electron chi connectivity index (χ1n) is 7.16. The van der Waals surface area contributed by atoms with Crippen molar-refractivity contribution in [1.29, 1.82) is 0 Å². The molecule has 0 amide bonds. The number of aromatic nitrogens is 2. The van der Waals surface area contributed by atoms with Gasteiger partial charge in [-0.3, -0.25) is 0 Å². The van der Waals surface area contributed by atoms with Crippen LogP contribution in [-0.2, 0) is 6.42 Å². The lowest BCUT2D eigenvalue weighted by Crippen LogP contribution is -2.05. The maximum absolute atomic E-state index is 4.77. The van der Waals surface area contributed by atoms with Crippen molar-refractivity contribution >= 4 is 16.7 Å². The van der Waals surface area contributed by atoms with Gasteiger partial charge >= 0.3 is 0 Å². The summed E-state index contributed by atoms with van der Waals surface area (Å²) in [4.78, 5) is 8.28. The number of para-hydroxylation sites is 1. The summed E-state index contributed by atoms with van der Waals surface area (Å²) in [6.45, 7) is 3.09. The Morgan fingerprint density at radius 2 is 2.10 bits per heavy atom. The highest BCUT2D eigenvalue weighted by atomic mass is 15.0. The highest BCUT2D eigenvalue weighted by Crippen LogP contribution is 2.35. The second-order valence-electron chi connectivity index (χ2n) is 5.35. The van der Waals surface area contributed by atoms with Gasteiger partial charge < -0.3 is 10.3 Å². The largest absolute Gasteiger partial charge is 0.384 e. The molecule has 1 aliphatic heterocycles. The third-order valence-corrected chi connectivity index (χ3v) is 4.14. The van der Waals surface area contributed by atoms with Gasteiger partial charge in [0.25, 0.3) is 0 Å². The van der Waals surface area contributed by atoms with E-state index in [2.05, 4.69) is 59.7 Å². The van der Waals surface area contributed by atoms with Gasteiger partial charge in [0, 0.05) is 12.2 Å². The number of fused-ring (bicyclic) bond motifs is 2. The number of aromatic amines is 1. The van der Waals surface area contributed by atoms with Gasteiger partial charge in [0.1, 0.15) is 5.82 Å². The van der Waals surface area contributed by atoms with Crippen LogP contribution in [0.3, 0.4) is 0 Å². The molecule has 0 bridgehead atoms. The SMILES string of the molecule is CCc1ccc2nc(C3CNc4ccccc43)[nH]c2c1. The number of H-pyrrole nitrogens is 1. The van der Waals surface area contributed by atoms with Crippen LogP contribution in [0.4, 0.5) is 5.69 Å². The molecule has 3 heteroatoms. The minimum atomic E-state index is 0.323. The normalized spacial score (nSPS) is 17.1. The van der Waals surface area contributed by atoms with E-state index in [-0.39, 0.29) is 0 Å². The van der Waals surface area contributed by atoms with Gasteiger partial charge in [0.15, 0.2) is 0 Å². The maximum Gasteiger partial charge on any atom is 0.116 e. The first-order valence-corrected chi connectivity index (χ1v) is 7.16. The number of aryl methyl sites for hydroxylation is 1. The summed E-state index contributed by atoms with van der Waals surface area (Å²) < 4.78 is 0. The van der Waals surface area contributed by atoms with Crippen molar-refractivity contribution in [3.63, 3.8) is 0 Å². The standard InChI is InChI=1S/C17H17N3/c1-2-11-7-8-15-16(9-11)20-17(19-15)13-10-18-14-6-4-3-5-12(13)14/h3-9,13,18H,2,10H2,1H3,(H,19,20). The number of hydrogen-bond acceptors (Lipinski definition) is 2. The first kappa shape index (κ1) is 11.5. The number of benzene rings is 2. The predicted molar refractivity (Wildman–Crippen MR) is 82.2 cm³/mol. The Hall–Kier alpha value is -2.29. The maximum atomic E-state index is 4.77. The van der Waals surface area contributed by atoms with E-state index in [1.807, 2.05) is 0 Å². The van der Waals surface area contributed by atoms with Crippen molar-refractivity contribution in [3.05, 3.63) is 59.4 Å². The number of imidazole rings is 1. The quantitative estimate of drug-likeness (QED) is 0.740. The molecule has 3 nitrogen and oxygen atoms in total. The molecule has 1 atom stereocenters. The molecule has 1 unspecified atom stereocenters. The molecule has 1 aliphatic rings. The fourth-order valence-electron chi connectivity index (χ4n) is 2.99. The molecule has 0 aliphatic carbocycles. The molecular formula is C17H17N3. The molecule has 4 rings (SSSR count). The summed E-state index contributed by atoms with van der Waals surface area (Å²) in [6, 6.07) is 15.0. The second-order valence-corrected chi connectivity index (χ2v) is 5.35. The van der Waals surface area contributed by atoms with Gasteiger partial charge in [-0.2, -0.15) is 0 Å². The summed E-state index contributed by atoms with van der Waals surface area (Å²) in [5, 5.41) is 3.46. The zero-order valence-corrected chi connectivity index (χ0v) is 11.5. The fraction of sp³-hybridized carbons (Fsp3) is 0.235. The lowest BCUT2D eigenvalue weighted by atomic mass is 10.0. The van der Waals surface area contributed by atoms with Crippen molar-refractivity contribution in [2.24, 2.45) is 0 Å². The second kappa shape index (κ2) is 4.37. The molecule has 1 aromatic heterocycles. The Labute approximate surface area is 118 Å². The summed E-state index contributed by atoms with van der Waals surface area (Å²) in [5.41, 5.74) is 6.11. The Morgan fingerprint density at radius 1 is 1.20 bits per heavy atom. The zero-order chi connectivity index (χ0) is 13.5. The van der Waals surface area contributed by atoms with Crippen LogP contribution in [0, 0.1) is 0 Å². The zero-order valence-electron chi connectivity index (χ0n) is 11.5. The topological polar surface area (TPSA) is 40.7 Å². The van der Waals surface area contributed by atoms with Crippen LogP contribution in [0.15, 0.2) is 42.5 Å². The Kier molecular flexibility index (Phi) is 2.52. The molecular weight excluding hydrogens is 246 g/mol. The number of rotatable bonds is 2. The third-order valence-electron chi connectivity index (χ3n) is 4.14. The van der Waals surface area contributed by atoms with E-state index < -0.39 is 0 Å². The molecule has 3 aromatic rings. The number of anilines is 1. The summed E-state index contributed by atoms with van der Waals surface area (Å²) in [7, 11) is 0. The van der Waals surface area contributed by atoms with E-state index in [9.17, 15) is 0 Å². The summed E-state index contributed by atoms with van der Waals surface area (Å²) in [6.07, 6.45) is 1.05. The van der Waals surface area contributed by atoms with Crippen LogP contribution in [0.1, 0.15) is 29.8 Å². The van der Waals surface area contributed by atoms with Crippen LogP contribution >= 0.6 is 0 Å². The predicted octanol–water partition coefficient (Wildman–Crippen LogP) is 3.68. The Bertz CT molecular complexity index is 773. The lowest BCUT2D eigenvalue weighted by molar-refractivity contribution is 0.836. The van der Waals surface area contributed by atoms with Gasteiger partial charge in [-0.25, -0.2) is 4.98 Å². The minimum absolute atomic E-state index is 0.323. The third kappa shape index (κ3) is 1.70. The van der Waals surface area contributed by atoms with Crippen LogP contribution in [0.2, 0.25) is 0 Å². The molecule has 0 fully saturated rings. The molecule has 0 saturated carbocycles. The van der Waals surface area contributed by atoms with Gasteiger partial charge in [0.05, 0.1) is 17.0 Å². The number of hydrogen-bond donors (Lipinski definition) is 2. The van der Waals surface area contributed by atoms with Crippen molar-refractivity contribution in [2.45, 2.75) is 19.3 Å². The monoisotopic (exact) mass is 263 g/mol. The van der Waals surface area contributed by atoms with Crippen LogP contribution in [-0.4, -0.2) is 16.5 Å². The van der Waals surface area contributed by atoms with Crippen LogP contribution in [0.25, 0.3) is 11.0 Å². The average Bonchev–Trinajstić information content (AvgIpc) is 3.09. The van der Waals surface area contributed by atoms with E-state index in [1.165, 1.54) is 16.8 Å². The smallest absolute Gasteiger partial charge is 0.116 e. The molecule has 2 aromatic carbocycles. The van der Waals surface area contributed by atoms with Crippen molar-refractivity contribution < 1.29 is 0 Å². The number of nitrogens with one attached hydrogen (secondary N) is 2. The van der Waals surface area contributed by atoms with E-state index in [4.69, 9.17) is 4.98 Å². The van der Waals surface area contributed by atoms with E-state index >= 15 is 0 Å².